The molecule has 1 aliphatic heterocycles. The Kier molecular flexibility index (Phi) is 5.68. The van der Waals surface area contributed by atoms with Gasteiger partial charge in [0.1, 0.15) is 5.82 Å². The van der Waals surface area contributed by atoms with Gasteiger partial charge in [-0.1, -0.05) is 42.5 Å². The van der Waals surface area contributed by atoms with Crippen LogP contribution in [-0.4, -0.2) is 37.6 Å². The third-order valence-electron chi connectivity index (χ3n) is 5.55. The van der Waals surface area contributed by atoms with Crippen LogP contribution in [0.25, 0.3) is 11.1 Å². The Labute approximate surface area is 175 Å². The highest BCUT2D eigenvalue weighted by Crippen LogP contribution is 2.26. The largest absolute Gasteiger partial charge is 0.339 e. The number of carbonyl (C=O) groups excluding carboxylic acids is 1. The van der Waals surface area contributed by atoms with Crippen molar-refractivity contribution in [2.75, 3.05) is 13.1 Å². The Morgan fingerprint density at radius 1 is 0.800 bits per heavy atom. The summed E-state index contributed by atoms with van der Waals surface area (Å²) >= 11 is 0. The molecule has 3 aromatic rings. The summed E-state index contributed by atoms with van der Waals surface area (Å²) in [4.78, 5) is 14.7. The summed E-state index contributed by atoms with van der Waals surface area (Å²) in [6, 6.07) is 22.3. The van der Waals surface area contributed by atoms with Gasteiger partial charge in [0.05, 0.1) is 10.1 Å². The monoisotopic (exact) mass is 423 g/mol. The van der Waals surface area contributed by atoms with Crippen molar-refractivity contribution < 1.29 is 17.6 Å². The fourth-order valence-corrected chi connectivity index (χ4v) is 5.54. The number of halogens is 1. The molecule has 154 valence electrons. The lowest BCUT2D eigenvalue weighted by atomic mass is 10.0. The van der Waals surface area contributed by atoms with Crippen molar-refractivity contribution in [3.05, 3.63) is 90.2 Å². The minimum atomic E-state index is -3.53. The number of hydrogen-bond acceptors (Lipinski definition) is 3. The van der Waals surface area contributed by atoms with Crippen molar-refractivity contribution in [3.8, 4) is 11.1 Å². The van der Waals surface area contributed by atoms with Crippen LogP contribution in [0.2, 0.25) is 0 Å². The third-order valence-corrected chi connectivity index (χ3v) is 7.83. The first-order valence-electron chi connectivity index (χ1n) is 9.89. The number of nitrogens with zero attached hydrogens (tertiary/aromatic N) is 1. The average Bonchev–Trinajstić information content (AvgIpc) is 2.80. The first-order chi connectivity index (χ1) is 14.4. The molecule has 0 aromatic heterocycles. The summed E-state index contributed by atoms with van der Waals surface area (Å²) in [7, 11) is -3.53. The standard InChI is InChI=1S/C24H22FNO3S/c25-21-10-12-22(13-11-21)30(28,29)23-14-16-26(17-15-23)24(27)20-8-6-19(7-9-20)18-4-2-1-3-5-18/h1-13,23H,14-17H2. The lowest BCUT2D eigenvalue weighted by molar-refractivity contribution is 0.0725. The first kappa shape index (κ1) is 20.3. The van der Waals surface area contributed by atoms with E-state index in [1.165, 1.54) is 12.1 Å². The molecule has 0 radical (unpaired) electrons. The summed E-state index contributed by atoms with van der Waals surface area (Å²) in [5.74, 6) is -0.556. The van der Waals surface area contributed by atoms with Gasteiger partial charge in [-0.2, -0.15) is 0 Å². The van der Waals surface area contributed by atoms with E-state index in [1.54, 1.807) is 4.90 Å². The number of likely N-dealkylation sites (tertiary alicyclic amines) is 1. The minimum absolute atomic E-state index is 0.0905. The Morgan fingerprint density at radius 3 is 1.97 bits per heavy atom. The Balaban J connectivity index is 1.41. The normalized spacial score (nSPS) is 15.2. The fourth-order valence-electron chi connectivity index (χ4n) is 3.80. The summed E-state index contributed by atoms with van der Waals surface area (Å²) in [5.41, 5.74) is 2.72. The van der Waals surface area contributed by atoms with Crippen molar-refractivity contribution in [1.29, 1.82) is 0 Å². The van der Waals surface area contributed by atoms with Crippen LogP contribution in [0.15, 0.2) is 83.8 Å². The molecule has 1 saturated heterocycles. The zero-order chi connectivity index (χ0) is 21.1. The lowest BCUT2D eigenvalue weighted by Gasteiger charge is -2.32. The van der Waals surface area contributed by atoms with Gasteiger partial charge in [-0.3, -0.25) is 4.79 Å². The molecule has 6 heteroatoms. The maximum Gasteiger partial charge on any atom is 0.253 e. The van der Waals surface area contributed by atoms with Gasteiger partial charge in [-0.05, 0) is 60.4 Å². The van der Waals surface area contributed by atoms with E-state index < -0.39 is 20.9 Å². The molecule has 1 heterocycles. The number of piperidine rings is 1. The van der Waals surface area contributed by atoms with Crippen LogP contribution in [0.1, 0.15) is 23.2 Å². The molecule has 1 amide bonds. The van der Waals surface area contributed by atoms with Crippen LogP contribution in [-0.2, 0) is 9.84 Å². The van der Waals surface area contributed by atoms with Gasteiger partial charge in [-0.25, -0.2) is 12.8 Å². The fraction of sp³-hybridized carbons (Fsp3) is 0.208. The van der Waals surface area contributed by atoms with Crippen molar-refractivity contribution in [2.24, 2.45) is 0 Å². The molecule has 0 bridgehead atoms. The molecule has 0 N–H and O–H groups in total. The zero-order valence-corrected chi connectivity index (χ0v) is 17.2. The Morgan fingerprint density at radius 2 is 1.37 bits per heavy atom. The zero-order valence-electron chi connectivity index (χ0n) is 16.4. The SMILES string of the molecule is O=C(c1ccc(-c2ccccc2)cc1)N1CCC(S(=O)(=O)c2ccc(F)cc2)CC1. The quantitative estimate of drug-likeness (QED) is 0.578. The summed E-state index contributed by atoms with van der Waals surface area (Å²) in [6.07, 6.45) is 0.737. The maximum absolute atomic E-state index is 13.1. The molecule has 4 nitrogen and oxygen atoms in total. The van der Waals surface area contributed by atoms with Gasteiger partial charge >= 0.3 is 0 Å². The number of rotatable bonds is 4. The molecule has 1 fully saturated rings. The van der Waals surface area contributed by atoms with Crippen LogP contribution < -0.4 is 0 Å². The van der Waals surface area contributed by atoms with E-state index in [4.69, 9.17) is 0 Å². The molecule has 3 aromatic carbocycles. The van der Waals surface area contributed by atoms with E-state index in [1.807, 2.05) is 54.6 Å². The number of benzene rings is 3. The van der Waals surface area contributed by atoms with Crippen LogP contribution in [0.5, 0.6) is 0 Å². The summed E-state index contributed by atoms with van der Waals surface area (Å²) < 4.78 is 38.7. The van der Waals surface area contributed by atoms with Crippen molar-refractivity contribution in [3.63, 3.8) is 0 Å². The van der Waals surface area contributed by atoms with E-state index in [2.05, 4.69) is 0 Å². The van der Waals surface area contributed by atoms with Crippen molar-refractivity contribution in [1.82, 2.24) is 4.90 Å². The summed E-state index contributed by atoms with van der Waals surface area (Å²) in [6.45, 7) is 0.759. The molecule has 0 saturated carbocycles. The average molecular weight is 424 g/mol. The molecular formula is C24H22FNO3S. The summed E-state index contributed by atoms with van der Waals surface area (Å²) in [5, 5.41) is -0.563. The Bertz CT molecular complexity index is 1120. The van der Waals surface area contributed by atoms with E-state index in [0.29, 0.717) is 31.5 Å². The first-order valence-corrected chi connectivity index (χ1v) is 11.4. The highest BCUT2D eigenvalue weighted by molar-refractivity contribution is 7.92. The van der Waals surface area contributed by atoms with Crippen molar-refractivity contribution >= 4 is 15.7 Å². The molecule has 30 heavy (non-hydrogen) atoms. The van der Waals surface area contributed by atoms with E-state index in [9.17, 15) is 17.6 Å². The van der Waals surface area contributed by atoms with E-state index in [-0.39, 0.29) is 10.8 Å². The lowest BCUT2D eigenvalue weighted by Crippen LogP contribution is -2.42. The molecule has 0 atom stereocenters. The molecule has 4 rings (SSSR count). The number of carbonyl (C=O) groups is 1. The van der Waals surface area contributed by atoms with Gasteiger partial charge in [0, 0.05) is 18.7 Å². The Hall–Kier alpha value is -2.99. The van der Waals surface area contributed by atoms with Crippen molar-refractivity contribution in [2.45, 2.75) is 23.0 Å². The topological polar surface area (TPSA) is 54.5 Å². The van der Waals surface area contributed by atoms with Gasteiger partial charge < -0.3 is 4.90 Å². The second-order valence-electron chi connectivity index (χ2n) is 7.43. The van der Waals surface area contributed by atoms with E-state index in [0.717, 1.165) is 23.3 Å². The van der Waals surface area contributed by atoms with E-state index >= 15 is 0 Å². The minimum Gasteiger partial charge on any atom is -0.339 e. The number of amides is 1. The number of sulfone groups is 1. The third kappa shape index (κ3) is 4.14. The smallest absolute Gasteiger partial charge is 0.253 e. The van der Waals surface area contributed by atoms with Gasteiger partial charge in [0.15, 0.2) is 9.84 Å². The predicted octanol–water partition coefficient (Wildman–Crippen LogP) is 4.57. The predicted molar refractivity (Wildman–Crippen MR) is 114 cm³/mol. The van der Waals surface area contributed by atoms with Crippen LogP contribution >= 0.6 is 0 Å². The number of hydrogen-bond donors (Lipinski definition) is 0. The maximum atomic E-state index is 13.1. The van der Waals surface area contributed by atoms with Crippen LogP contribution in [0.3, 0.4) is 0 Å². The second-order valence-corrected chi connectivity index (χ2v) is 9.66. The van der Waals surface area contributed by atoms with Gasteiger partial charge in [0.2, 0.25) is 0 Å². The van der Waals surface area contributed by atoms with Gasteiger partial charge in [-0.15, -0.1) is 0 Å². The van der Waals surface area contributed by atoms with Crippen LogP contribution in [0, 0.1) is 5.82 Å². The molecule has 0 unspecified atom stereocenters. The highest BCUT2D eigenvalue weighted by atomic mass is 32.2. The highest BCUT2D eigenvalue weighted by Gasteiger charge is 2.33. The molecule has 0 spiro atoms. The molecule has 1 aliphatic rings. The molecule has 0 aliphatic carbocycles. The molecular weight excluding hydrogens is 401 g/mol. The second kappa shape index (κ2) is 8.40. The van der Waals surface area contributed by atoms with Gasteiger partial charge in [0.25, 0.3) is 5.91 Å². The van der Waals surface area contributed by atoms with Crippen LogP contribution in [0.4, 0.5) is 4.39 Å².